The van der Waals surface area contributed by atoms with Crippen LogP contribution in [0.15, 0.2) is 40.8 Å². The highest BCUT2D eigenvalue weighted by atomic mass is 32.1. The second-order valence-corrected chi connectivity index (χ2v) is 6.12. The number of benzene rings is 1. The minimum absolute atomic E-state index is 0.347. The molecule has 1 atom stereocenters. The molecule has 24 heavy (non-hydrogen) atoms. The van der Waals surface area contributed by atoms with Crippen molar-refractivity contribution in [2.24, 2.45) is 0 Å². The summed E-state index contributed by atoms with van der Waals surface area (Å²) in [6.07, 6.45) is 1.29. The van der Waals surface area contributed by atoms with Gasteiger partial charge in [0.05, 0.1) is 18.3 Å². The molecule has 0 aliphatic carbocycles. The number of ether oxygens (including phenoxy) is 1. The molecule has 2 aromatic heterocycles. The van der Waals surface area contributed by atoms with E-state index in [9.17, 15) is 9.59 Å². The summed E-state index contributed by atoms with van der Waals surface area (Å²) >= 11 is 1.36. The highest BCUT2D eigenvalue weighted by molar-refractivity contribution is 7.17. The molecule has 0 amide bonds. The van der Waals surface area contributed by atoms with Crippen LogP contribution in [0.5, 0.6) is 5.75 Å². The smallest absolute Gasteiger partial charge is 0.326 e. The van der Waals surface area contributed by atoms with Crippen LogP contribution in [0.1, 0.15) is 19.9 Å². The van der Waals surface area contributed by atoms with E-state index in [2.05, 4.69) is 4.98 Å². The number of fused-ring (bicyclic) bond motifs is 1. The van der Waals surface area contributed by atoms with Crippen molar-refractivity contribution >= 4 is 27.5 Å². The maximum atomic E-state index is 12.7. The van der Waals surface area contributed by atoms with Crippen molar-refractivity contribution in [3.05, 3.63) is 46.3 Å². The molecule has 0 unspecified atom stereocenters. The number of aliphatic carboxylic acids is 1. The monoisotopic (exact) mass is 344 g/mol. The molecule has 0 aliphatic heterocycles. The van der Waals surface area contributed by atoms with Gasteiger partial charge in [0.2, 0.25) is 0 Å². The Hall–Kier alpha value is -2.67. The summed E-state index contributed by atoms with van der Waals surface area (Å²) in [4.78, 5) is 28.7. The maximum absolute atomic E-state index is 12.7. The lowest BCUT2D eigenvalue weighted by molar-refractivity contribution is -0.140. The number of carboxylic acids is 1. The molecular formula is C17H16N2O4S. The molecular weight excluding hydrogens is 328 g/mol. The summed E-state index contributed by atoms with van der Waals surface area (Å²) < 4.78 is 6.57. The van der Waals surface area contributed by atoms with Gasteiger partial charge in [-0.25, -0.2) is 9.78 Å². The van der Waals surface area contributed by atoms with Crippen molar-refractivity contribution in [1.82, 2.24) is 9.55 Å². The Labute approximate surface area is 142 Å². The van der Waals surface area contributed by atoms with E-state index in [1.54, 1.807) is 0 Å². The van der Waals surface area contributed by atoms with E-state index in [1.165, 1.54) is 24.6 Å². The molecule has 0 spiro atoms. The van der Waals surface area contributed by atoms with Gasteiger partial charge in [0, 0.05) is 10.9 Å². The minimum Gasteiger partial charge on any atom is -0.494 e. The fourth-order valence-corrected chi connectivity index (χ4v) is 3.36. The topological polar surface area (TPSA) is 81.4 Å². The predicted molar refractivity (Wildman–Crippen MR) is 92.8 cm³/mol. The van der Waals surface area contributed by atoms with Crippen LogP contribution in [0.25, 0.3) is 21.3 Å². The van der Waals surface area contributed by atoms with Gasteiger partial charge in [0.25, 0.3) is 5.56 Å². The highest BCUT2D eigenvalue weighted by Gasteiger charge is 2.19. The molecule has 0 saturated heterocycles. The van der Waals surface area contributed by atoms with Gasteiger partial charge >= 0.3 is 5.97 Å². The van der Waals surface area contributed by atoms with E-state index in [-0.39, 0.29) is 5.56 Å². The average Bonchev–Trinajstić information content (AvgIpc) is 3.00. The third kappa shape index (κ3) is 2.78. The van der Waals surface area contributed by atoms with E-state index < -0.39 is 12.0 Å². The van der Waals surface area contributed by atoms with Crippen molar-refractivity contribution in [2.45, 2.75) is 19.9 Å². The molecule has 1 aromatic carbocycles. The summed E-state index contributed by atoms with van der Waals surface area (Å²) in [5.41, 5.74) is 1.27. The third-order valence-corrected chi connectivity index (χ3v) is 4.66. The second-order valence-electron chi connectivity index (χ2n) is 5.26. The number of carboxylic acid groups (broad SMARTS) is 1. The molecule has 124 valence electrons. The van der Waals surface area contributed by atoms with Gasteiger partial charge in [0.1, 0.15) is 16.6 Å². The Morgan fingerprint density at radius 2 is 2.08 bits per heavy atom. The molecule has 0 saturated carbocycles. The summed E-state index contributed by atoms with van der Waals surface area (Å²) in [7, 11) is 0. The number of rotatable bonds is 5. The van der Waals surface area contributed by atoms with E-state index >= 15 is 0 Å². The lowest BCUT2D eigenvalue weighted by atomic mass is 10.1. The van der Waals surface area contributed by atoms with Crippen LogP contribution in [-0.2, 0) is 4.79 Å². The first kappa shape index (κ1) is 16.2. The fourth-order valence-electron chi connectivity index (χ4n) is 2.45. The molecule has 6 nitrogen and oxygen atoms in total. The van der Waals surface area contributed by atoms with Gasteiger partial charge in [-0.2, -0.15) is 0 Å². The average molecular weight is 344 g/mol. The first-order valence-corrected chi connectivity index (χ1v) is 8.35. The van der Waals surface area contributed by atoms with Crippen molar-refractivity contribution in [3.63, 3.8) is 0 Å². The largest absolute Gasteiger partial charge is 0.494 e. The third-order valence-electron chi connectivity index (χ3n) is 3.77. The molecule has 7 heteroatoms. The predicted octanol–water partition coefficient (Wildman–Crippen LogP) is 3.17. The Morgan fingerprint density at radius 1 is 1.38 bits per heavy atom. The quantitative estimate of drug-likeness (QED) is 0.769. The number of nitrogens with zero attached hydrogens (tertiary/aromatic N) is 2. The lowest BCUT2D eigenvalue weighted by Gasteiger charge is -2.10. The zero-order valence-corrected chi connectivity index (χ0v) is 14.0. The van der Waals surface area contributed by atoms with Crippen LogP contribution in [0, 0.1) is 0 Å². The zero-order valence-electron chi connectivity index (χ0n) is 13.2. The Balaban J connectivity index is 2.14. The molecule has 0 bridgehead atoms. The minimum atomic E-state index is -1.07. The normalized spacial score (nSPS) is 12.2. The second kappa shape index (κ2) is 6.45. The number of hydrogen-bond acceptors (Lipinski definition) is 5. The Kier molecular flexibility index (Phi) is 4.35. The van der Waals surface area contributed by atoms with Gasteiger partial charge < -0.3 is 9.84 Å². The SMILES string of the molecule is CCOc1ccc(-c2csc3ncn([C@H](C)C(=O)O)c(=O)c23)cc1. The van der Waals surface area contributed by atoms with Gasteiger partial charge in [-0.1, -0.05) is 12.1 Å². The van der Waals surface area contributed by atoms with Crippen LogP contribution in [-0.4, -0.2) is 27.2 Å². The molecule has 2 heterocycles. The molecule has 3 rings (SSSR count). The standard InChI is InChI=1S/C17H16N2O4S/c1-3-23-12-6-4-11(5-7-12)13-8-24-15-14(13)16(20)19(9-18-15)10(2)17(21)22/h4-10H,3H2,1-2H3,(H,21,22)/t10-/m1/s1. The Bertz CT molecular complexity index is 943. The first-order chi connectivity index (χ1) is 11.5. The van der Waals surface area contributed by atoms with Crippen molar-refractivity contribution in [3.8, 4) is 16.9 Å². The highest BCUT2D eigenvalue weighted by Crippen LogP contribution is 2.31. The van der Waals surface area contributed by atoms with Crippen molar-refractivity contribution in [2.75, 3.05) is 6.61 Å². The van der Waals surface area contributed by atoms with E-state index in [0.717, 1.165) is 21.4 Å². The molecule has 1 N–H and O–H groups in total. The van der Waals surface area contributed by atoms with Gasteiger partial charge in [0.15, 0.2) is 0 Å². The van der Waals surface area contributed by atoms with Crippen LogP contribution < -0.4 is 10.3 Å². The molecule has 0 aliphatic rings. The van der Waals surface area contributed by atoms with Gasteiger partial charge in [-0.3, -0.25) is 9.36 Å². The maximum Gasteiger partial charge on any atom is 0.326 e. The molecule has 0 fully saturated rings. The molecule has 0 radical (unpaired) electrons. The fraction of sp³-hybridized carbons (Fsp3) is 0.235. The zero-order chi connectivity index (χ0) is 17.3. The van der Waals surface area contributed by atoms with Crippen LogP contribution in [0.3, 0.4) is 0 Å². The van der Waals surface area contributed by atoms with Crippen LogP contribution in [0.4, 0.5) is 0 Å². The number of thiophene rings is 1. The number of aromatic nitrogens is 2. The van der Waals surface area contributed by atoms with E-state index in [4.69, 9.17) is 9.84 Å². The summed E-state index contributed by atoms with van der Waals surface area (Å²) in [6, 6.07) is 6.48. The Morgan fingerprint density at radius 3 is 2.71 bits per heavy atom. The first-order valence-electron chi connectivity index (χ1n) is 7.47. The van der Waals surface area contributed by atoms with E-state index in [1.807, 2.05) is 36.6 Å². The van der Waals surface area contributed by atoms with E-state index in [0.29, 0.717) is 16.8 Å². The number of hydrogen-bond donors (Lipinski definition) is 1. The van der Waals surface area contributed by atoms with Crippen molar-refractivity contribution < 1.29 is 14.6 Å². The van der Waals surface area contributed by atoms with Gasteiger partial charge in [-0.15, -0.1) is 11.3 Å². The number of carbonyl (C=O) groups is 1. The summed E-state index contributed by atoms with van der Waals surface area (Å²) in [5, 5.41) is 11.5. The van der Waals surface area contributed by atoms with Crippen LogP contribution >= 0.6 is 11.3 Å². The molecule has 3 aromatic rings. The lowest BCUT2D eigenvalue weighted by Crippen LogP contribution is -2.28. The van der Waals surface area contributed by atoms with Crippen molar-refractivity contribution in [1.29, 1.82) is 0 Å². The summed E-state index contributed by atoms with van der Waals surface area (Å²) in [5.74, 6) is -0.313. The van der Waals surface area contributed by atoms with Crippen LogP contribution in [0.2, 0.25) is 0 Å². The van der Waals surface area contributed by atoms with Gasteiger partial charge in [-0.05, 0) is 31.5 Å². The summed E-state index contributed by atoms with van der Waals surface area (Å²) in [6.45, 7) is 3.96.